The van der Waals surface area contributed by atoms with E-state index < -0.39 is 0 Å². The molecule has 0 aliphatic carbocycles. The number of carbonyl (C=O) groups is 1. The van der Waals surface area contributed by atoms with Crippen LogP contribution in [0.3, 0.4) is 0 Å². The second-order valence-corrected chi connectivity index (χ2v) is 7.31. The van der Waals surface area contributed by atoms with Crippen molar-refractivity contribution >= 4 is 16.9 Å². The Morgan fingerprint density at radius 3 is 2.67 bits per heavy atom. The molecule has 4 rings (SSSR count). The highest BCUT2D eigenvalue weighted by molar-refractivity contribution is 6.00. The molecular formula is C22H24N2O3. The van der Waals surface area contributed by atoms with E-state index in [4.69, 9.17) is 9.15 Å². The van der Waals surface area contributed by atoms with Gasteiger partial charge in [-0.05, 0) is 44.4 Å². The normalized spacial score (nSPS) is 19.6. The summed E-state index contributed by atoms with van der Waals surface area (Å²) in [6, 6.07) is 7.94. The van der Waals surface area contributed by atoms with Crippen molar-refractivity contribution in [2.75, 3.05) is 13.7 Å². The fraction of sp³-hybridized carbons (Fsp3) is 0.364. The molecule has 0 spiro atoms. The average Bonchev–Trinajstić information content (AvgIpc) is 3.30. The van der Waals surface area contributed by atoms with Crippen molar-refractivity contribution < 1.29 is 13.9 Å². The number of aromatic nitrogens is 1. The number of rotatable bonds is 3. The topological polar surface area (TPSA) is 55.6 Å². The van der Waals surface area contributed by atoms with Crippen molar-refractivity contribution in [1.82, 2.24) is 9.88 Å². The Hall–Kier alpha value is -2.66. The molecule has 1 amide bonds. The molecule has 2 aromatic heterocycles. The highest BCUT2D eigenvalue weighted by Gasteiger charge is 2.36. The zero-order chi connectivity index (χ0) is 19.1. The van der Waals surface area contributed by atoms with Gasteiger partial charge in [0.1, 0.15) is 11.7 Å². The molecule has 1 fully saturated rings. The molecule has 1 aromatic carbocycles. The first-order valence-corrected chi connectivity index (χ1v) is 9.27. The van der Waals surface area contributed by atoms with Gasteiger partial charge in [-0.1, -0.05) is 18.2 Å². The van der Waals surface area contributed by atoms with Crippen LogP contribution in [0.1, 0.15) is 45.3 Å². The maximum Gasteiger partial charge on any atom is 0.289 e. The first-order chi connectivity index (χ1) is 13.0. The van der Waals surface area contributed by atoms with Gasteiger partial charge in [0.25, 0.3) is 5.91 Å². The minimum atomic E-state index is -0.166. The van der Waals surface area contributed by atoms with Crippen molar-refractivity contribution in [2.45, 2.75) is 39.3 Å². The summed E-state index contributed by atoms with van der Waals surface area (Å²) in [7, 11) is 1.83. The number of hydrogen-bond donors (Lipinski definition) is 0. The maximum absolute atomic E-state index is 13.3. The molecule has 0 unspecified atom stereocenters. The minimum absolute atomic E-state index is 0.0449. The van der Waals surface area contributed by atoms with E-state index in [1.54, 1.807) is 17.3 Å². The van der Waals surface area contributed by atoms with Gasteiger partial charge in [-0.3, -0.25) is 9.78 Å². The van der Waals surface area contributed by atoms with Gasteiger partial charge in [0, 0.05) is 42.6 Å². The molecule has 3 aromatic rings. The lowest BCUT2D eigenvalue weighted by atomic mass is 10.0. The standard InChI is InChI=1S/C22H24N2O3/c1-13-7-8-14(2)19-18(13)15(3)20(27-19)22(25)24(4)17-9-11-26-21(17)16-6-5-10-23-12-16/h5-8,10,12,17,21H,9,11H2,1-4H3/t17-,21+/m0/s1. The predicted molar refractivity (Wildman–Crippen MR) is 104 cm³/mol. The van der Waals surface area contributed by atoms with Crippen molar-refractivity contribution in [2.24, 2.45) is 0 Å². The van der Waals surface area contributed by atoms with E-state index in [1.165, 1.54) is 0 Å². The fourth-order valence-corrected chi connectivity index (χ4v) is 4.03. The third kappa shape index (κ3) is 2.92. The van der Waals surface area contributed by atoms with E-state index in [-0.39, 0.29) is 18.1 Å². The first kappa shape index (κ1) is 17.7. The summed E-state index contributed by atoms with van der Waals surface area (Å²) in [4.78, 5) is 19.2. The number of pyridine rings is 1. The van der Waals surface area contributed by atoms with E-state index in [1.807, 2.05) is 46.0 Å². The third-order valence-electron chi connectivity index (χ3n) is 5.57. The van der Waals surface area contributed by atoms with E-state index >= 15 is 0 Å². The summed E-state index contributed by atoms with van der Waals surface area (Å²) in [6.07, 6.45) is 4.17. The predicted octanol–water partition coefficient (Wildman–Crippen LogP) is 4.36. The second kappa shape index (κ2) is 6.82. The summed E-state index contributed by atoms with van der Waals surface area (Å²) >= 11 is 0. The van der Waals surface area contributed by atoms with Crippen LogP contribution in [0.25, 0.3) is 11.0 Å². The quantitative estimate of drug-likeness (QED) is 0.693. The Morgan fingerprint density at radius 1 is 1.19 bits per heavy atom. The summed E-state index contributed by atoms with van der Waals surface area (Å²) in [5.74, 6) is 0.314. The van der Waals surface area contributed by atoms with Crippen LogP contribution in [0, 0.1) is 20.8 Å². The molecule has 5 heteroatoms. The van der Waals surface area contributed by atoms with Crippen LogP contribution in [0.2, 0.25) is 0 Å². The molecule has 1 aliphatic heterocycles. The number of amides is 1. The van der Waals surface area contributed by atoms with Gasteiger partial charge in [0.05, 0.1) is 6.04 Å². The van der Waals surface area contributed by atoms with Crippen molar-refractivity contribution in [3.05, 3.63) is 64.7 Å². The molecule has 27 heavy (non-hydrogen) atoms. The van der Waals surface area contributed by atoms with Crippen LogP contribution in [-0.4, -0.2) is 35.5 Å². The molecule has 0 radical (unpaired) electrons. The van der Waals surface area contributed by atoms with Crippen molar-refractivity contribution in [1.29, 1.82) is 0 Å². The van der Waals surface area contributed by atoms with Gasteiger partial charge >= 0.3 is 0 Å². The van der Waals surface area contributed by atoms with E-state index in [0.717, 1.165) is 39.6 Å². The summed E-state index contributed by atoms with van der Waals surface area (Å²) in [5, 5.41) is 1.04. The molecular weight excluding hydrogens is 340 g/mol. The van der Waals surface area contributed by atoms with Crippen molar-refractivity contribution in [3.63, 3.8) is 0 Å². The number of fused-ring (bicyclic) bond motifs is 1. The molecule has 0 saturated carbocycles. The molecule has 140 valence electrons. The van der Waals surface area contributed by atoms with Crippen LogP contribution in [0.4, 0.5) is 0 Å². The van der Waals surface area contributed by atoms with Crippen LogP contribution in [0.5, 0.6) is 0 Å². The Morgan fingerprint density at radius 2 is 1.96 bits per heavy atom. The van der Waals surface area contributed by atoms with Gasteiger partial charge in [0.15, 0.2) is 5.76 Å². The Bertz CT molecular complexity index is 994. The number of nitrogens with zero attached hydrogens (tertiary/aromatic N) is 2. The number of likely N-dealkylation sites (N-methyl/N-ethyl adjacent to an activating group) is 1. The van der Waals surface area contributed by atoms with Gasteiger partial charge in [-0.15, -0.1) is 0 Å². The molecule has 0 bridgehead atoms. The number of furan rings is 1. The van der Waals surface area contributed by atoms with Gasteiger partial charge < -0.3 is 14.1 Å². The lowest BCUT2D eigenvalue weighted by molar-refractivity contribution is 0.0493. The van der Waals surface area contributed by atoms with Crippen LogP contribution < -0.4 is 0 Å². The third-order valence-corrected chi connectivity index (χ3v) is 5.57. The zero-order valence-electron chi connectivity index (χ0n) is 16.2. The first-order valence-electron chi connectivity index (χ1n) is 9.27. The number of benzene rings is 1. The Labute approximate surface area is 158 Å². The molecule has 0 N–H and O–H groups in total. The largest absolute Gasteiger partial charge is 0.450 e. The number of carbonyl (C=O) groups excluding carboxylic acids is 1. The van der Waals surface area contributed by atoms with Gasteiger partial charge in [0.2, 0.25) is 0 Å². The highest BCUT2D eigenvalue weighted by Crippen LogP contribution is 2.35. The fourth-order valence-electron chi connectivity index (χ4n) is 4.03. The van der Waals surface area contributed by atoms with E-state index in [2.05, 4.69) is 11.1 Å². The van der Waals surface area contributed by atoms with Crippen LogP contribution in [-0.2, 0) is 4.74 Å². The summed E-state index contributed by atoms with van der Waals surface area (Å²) in [5.41, 5.74) is 4.86. The Kier molecular flexibility index (Phi) is 4.48. The zero-order valence-corrected chi connectivity index (χ0v) is 16.2. The van der Waals surface area contributed by atoms with E-state index in [9.17, 15) is 4.79 Å². The van der Waals surface area contributed by atoms with Gasteiger partial charge in [-0.25, -0.2) is 0 Å². The lowest BCUT2D eigenvalue weighted by Gasteiger charge is -2.28. The monoisotopic (exact) mass is 364 g/mol. The molecule has 1 saturated heterocycles. The smallest absolute Gasteiger partial charge is 0.289 e. The van der Waals surface area contributed by atoms with E-state index in [0.29, 0.717) is 12.4 Å². The van der Waals surface area contributed by atoms with Crippen molar-refractivity contribution in [3.8, 4) is 0 Å². The molecule has 2 atom stereocenters. The van der Waals surface area contributed by atoms with Crippen LogP contribution in [0.15, 0.2) is 41.1 Å². The highest BCUT2D eigenvalue weighted by atomic mass is 16.5. The summed E-state index contributed by atoms with van der Waals surface area (Å²) in [6.45, 7) is 6.64. The maximum atomic E-state index is 13.3. The average molecular weight is 364 g/mol. The number of aryl methyl sites for hydroxylation is 3. The number of ether oxygens (including phenoxy) is 1. The lowest BCUT2D eigenvalue weighted by Crippen LogP contribution is -2.39. The second-order valence-electron chi connectivity index (χ2n) is 7.31. The van der Waals surface area contributed by atoms with Gasteiger partial charge in [-0.2, -0.15) is 0 Å². The molecule has 5 nitrogen and oxygen atoms in total. The molecule has 3 heterocycles. The molecule has 1 aliphatic rings. The minimum Gasteiger partial charge on any atom is -0.450 e. The number of hydrogen-bond acceptors (Lipinski definition) is 4. The summed E-state index contributed by atoms with van der Waals surface area (Å²) < 4.78 is 12.0. The SMILES string of the molecule is Cc1ccc(C)c2c(C)c(C(=O)N(C)[C@H]3CCO[C@@H]3c3cccnc3)oc12. The van der Waals surface area contributed by atoms with Crippen LogP contribution >= 0.6 is 0 Å². The Balaban J connectivity index is 1.69.